The minimum Gasteiger partial charge on any atom is -0.454 e. The van der Waals surface area contributed by atoms with Crippen LogP contribution >= 0.6 is 0 Å². The van der Waals surface area contributed by atoms with Crippen molar-refractivity contribution in [1.82, 2.24) is 10.3 Å². The standard InChI is InChI=1S/C13H23N3O3/c1-9(2)16(5-4-6-17)8-11-7-10(3)12(19-11)13(18)15-14/h7,9,17H,4-6,8,14H2,1-3H3,(H,15,18). The monoisotopic (exact) mass is 269 g/mol. The average Bonchev–Trinajstić information content (AvgIpc) is 2.74. The summed E-state index contributed by atoms with van der Waals surface area (Å²) in [5.41, 5.74) is 2.83. The number of carbonyl (C=O) groups is 1. The lowest BCUT2D eigenvalue weighted by molar-refractivity contribution is 0.0920. The maximum absolute atomic E-state index is 11.5. The predicted octanol–water partition coefficient (Wildman–Crippen LogP) is 0.784. The zero-order chi connectivity index (χ0) is 14.4. The molecule has 0 unspecified atom stereocenters. The number of aliphatic hydroxyl groups is 1. The van der Waals surface area contributed by atoms with Crippen LogP contribution in [0.25, 0.3) is 0 Å². The van der Waals surface area contributed by atoms with Crippen molar-refractivity contribution in [2.75, 3.05) is 13.2 Å². The highest BCUT2D eigenvalue weighted by Crippen LogP contribution is 2.17. The number of amides is 1. The van der Waals surface area contributed by atoms with Gasteiger partial charge in [-0.05, 0) is 33.3 Å². The molecule has 6 nitrogen and oxygen atoms in total. The fraction of sp³-hybridized carbons (Fsp3) is 0.615. The van der Waals surface area contributed by atoms with Crippen LogP contribution in [0.3, 0.4) is 0 Å². The van der Waals surface area contributed by atoms with Crippen LogP contribution in [0.15, 0.2) is 10.5 Å². The molecule has 0 atom stereocenters. The van der Waals surface area contributed by atoms with Crippen LogP contribution in [0, 0.1) is 6.92 Å². The van der Waals surface area contributed by atoms with Crippen LogP contribution in [0.2, 0.25) is 0 Å². The Bertz CT molecular complexity index is 415. The van der Waals surface area contributed by atoms with Crippen LogP contribution < -0.4 is 11.3 Å². The van der Waals surface area contributed by atoms with Crippen LogP contribution in [-0.4, -0.2) is 35.1 Å². The Kier molecular flexibility index (Phi) is 6.01. The van der Waals surface area contributed by atoms with E-state index in [1.54, 1.807) is 0 Å². The third-order valence-electron chi connectivity index (χ3n) is 3.00. The Balaban J connectivity index is 2.77. The van der Waals surface area contributed by atoms with E-state index in [1.807, 2.05) is 13.0 Å². The molecule has 0 bridgehead atoms. The van der Waals surface area contributed by atoms with Gasteiger partial charge in [0, 0.05) is 24.8 Å². The lowest BCUT2D eigenvalue weighted by atomic mass is 10.2. The molecule has 1 aromatic heterocycles. The Morgan fingerprint density at radius 1 is 1.58 bits per heavy atom. The quantitative estimate of drug-likeness (QED) is 0.386. The number of aryl methyl sites for hydroxylation is 1. The highest BCUT2D eigenvalue weighted by Gasteiger charge is 2.17. The first-order valence-electron chi connectivity index (χ1n) is 6.44. The molecule has 0 aliphatic heterocycles. The molecule has 0 radical (unpaired) electrons. The molecular formula is C13H23N3O3. The van der Waals surface area contributed by atoms with E-state index in [0.717, 1.165) is 17.9 Å². The van der Waals surface area contributed by atoms with Crippen molar-refractivity contribution in [3.63, 3.8) is 0 Å². The molecule has 1 aromatic rings. The number of hydrogen-bond acceptors (Lipinski definition) is 5. The molecule has 0 fully saturated rings. The maximum Gasteiger partial charge on any atom is 0.301 e. The van der Waals surface area contributed by atoms with Gasteiger partial charge < -0.3 is 9.52 Å². The molecule has 0 saturated heterocycles. The summed E-state index contributed by atoms with van der Waals surface area (Å²) in [4.78, 5) is 13.6. The summed E-state index contributed by atoms with van der Waals surface area (Å²) in [5, 5.41) is 8.90. The van der Waals surface area contributed by atoms with Crippen molar-refractivity contribution in [1.29, 1.82) is 0 Å². The van der Waals surface area contributed by atoms with Gasteiger partial charge in [-0.3, -0.25) is 15.1 Å². The van der Waals surface area contributed by atoms with Crippen molar-refractivity contribution < 1.29 is 14.3 Å². The van der Waals surface area contributed by atoms with E-state index >= 15 is 0 Å². The Morgan fingerprint density at radius 2 is 2.26 bits per heavy atom. The molecule has 0 spiro atoms. The first-order chi connectivity index (χ1) is 8.99. The number of rotatable bonds is 7. The third-order valence-corrected chi connectivity index (χ3v) is 3.00. The molecule has 0 aliphatic rings. The first kappa shape index (κ1) is 15.7. The van der Waals surface area contributed by atoms with Crippen molar-refractivity contribution in [3.8, 4) is 0 Å². The molecule has 6 heteroatoms. The topological polar surface area (TPSA) is 91.7 Å². The molecule has 0 aliphatic carbocycles. The van der Waals surface area contributed by atoms with Gasteiger partial charge in [0.1, 0.15) is 5.76 Å². The number of nitrogens with two attached hydrogens (primary N) is 1. The zero-order valence-corrected chi connectivity index (χ0v) is 11.8. The van der Waals surface area contributed by atoms with Crippen LogP contribution in [-0.2, 0) is 6.54 Å². The SMILES string of the molecule is Cc1cc(CN(CCCO)C(C)C)oc1C(=O)NN. The summed E-state index contributed by atoms with van der Waals surface area (Å²) >= 11 is 0. The van der Waals surface area contributed by atoms with Crippen LogP contribution in [0.5, 0.6) is 0 Å². The Labute approximate surface area is 113 Å². The summed E-state index contributed by atoms with van der Waals surface area (Å²) in [6, 6.07) is 2.18. The summed E-state index contributed by atoms with van der Waals surface area (Å²) in [7, 11) is 0. The van der Waals surface area contributed by atoms with E-state index in [-0.39, 0.29) is 12.4 Å². The van der Waals surface area contributed by atoms with E-state index in [9.17, 15) is 4.79 Å². The molecule has 0 saturated carbocycles. The zero-order valence-electron chi connectivity index (χ0n) is 11.8. The number of aliphatic hydroxyl groups excluding tert-OH is 1. The molecule has 4 N–H and O–H groups in total. The number of hydrogen-bond donors (Lipinski definition) is 3. The smallest absolute Gasteiger partial charge is 0.301 e. The van der Waals surface area contributed by atoms with Gasteiger partial charge in [-0.25, -0.2) is 5.84 Å². The minimum absolute atomic E-state index is 0.168. The van der Waals surface area contributed by atoms with Crippen molar-refractivity contribution >= 4 is 5.91 Å². The lowest BCUT2D eigenvalue weighted by Crippen LogP contribution is -2.31. The van der Waals surface area contributed by atoms with Gasteiger partial charge >= 0.3 is 5.91 Å². The normalized spacial score (nSPS) is 11.3. The molecule has 19 heavy (non-hydrogen) atoms. The number of hydrazine groups is 1. The third kappa shape index (κ3) is 4.34. The first-order valence-corrected chi connectivity index (χ1v) is 6.44. The largest absolute Gasteiger partial charge is 0.454 e. The van der Waals surface area contributed by atoms with E-state index in [1.165, 1.54) is 0 Å². The van der Waals surface area contributed by atoms with E-state index in [0.29, 0.717) is 19.0 Å². The second kappa shape index (κ2) is 7.28. The van der Waals surface area contributed by atoms with Gasteiger partial charge in [0.2, 0.25) is 0 Å². The van der Waals surface area contributed by atoms with Crippen molar-refractivity contribution in [2.24, 2.45) is 5.84 Å². The molecule has 108 valence electrons. The van der Waals surface area contributed by atoms with Gasteiger partial charge in [-0.2, -0.15) is 0 Å². The second-order valence-corrected chi connectivity index (χ2v) is 4.84. The summed E-state index contributed by atoms with van der Waals surface area (Å²) < 4.78 is 5.53. The molecule has 1 heterocycles. The predicted molar refractivity (Wildman–Crippen MR) is 72.3 cm³/mol. The fourth-order valence-electron chi connectivity index (χ4n) is 1.91. The van der Waals surface area contributed by atoms with Crippen LogP contribution in [0.4, 0.5) is 0 Å². The Hall–Kier alpha value is -1.37. The molecule has 0 aromatic carbocycles. The average molecular weight is 269 g/mol. The van der Waals surface area contributed by atoms with Gasteiger partial charge in [0.05, 0.1) is 6.54 Å². The highest BCUT2D eigenvalue weighted by atomic mass is 16.4. The Morgan fingerprint density at radius 3 is 2.79 bits per heavy atom. The summed E-state index contributed by atoms with van der Waals surface area (Å²) in [6.07, 6.45) is 0.716. The fourth-order valence-corrected chi connectivity index (χ4v) is 1.91. The summed E-state index contributed by atoms with van der Waals surface area (Å²) in [5.74, 6) is 5.66. The van der Waals surface area contributed by atoms with Gasteiger partial charge in [-0.15, -0.1) is 0 Å². The van der Waals surface area contributed by atoms with Crippen LogP contribution in [0.1, 0.15) is 42.1 Å². The second-order valence-electron chi connectivity index (χ2n) is 4.84. The molecular weight excluding hydrogens is 246 g/mol. The molecule has 1 amide bonds. The van der Waals surface area contributed by atoms with E-state index < -0.39 is 5.91 Å². The minimum atomic E-state index is -0.421. The lowest BCUT2D eigenvalue weighted by Gasteiger charge is -2.24. The maximum atomic E-state index is 11.5. The number of nitrogens with zero attached hydrogens (tertiary/aromatic N) is 1. The van der Waals surface area contributed by atoms with Gasteiger partial charge in [0.25, 0.3) is 0 Å². The van der Waals surface area contributed by atoms with E-state index in [2.05, 4.69) is 24.2 Å². The number of carbonyl (C=O) groups excluding carboxylic acids is 1. The van der Waals surface area contributed by atoms with Crippen molar-refractivity contribution in [3.05, 3.63) is 23.2 Å². The molecule has 1 rings (SSSR count). The summed E-state index contributed by atoms with van der Waals surface area (Å²) in [6.45, 7) is 7.54. The van der Waals surface area contributed by atoms with Gasteiger partial charge in [0.15, 0.2) is 5.76 Å². The van der Waals surface area contributed by atoms with Crippen molar-refractivity contribution in [2.45, 2.75) is 39.8 Å². The number of nitrogens with one attached hydrogen (secondary N) is 1. The number of nitrogen functional groups attached to an aromatic ring is 1. The number of furan rings is 1. The highest BCUT2D eigenvalue weighted by molar-refractivity contribution is 5.92. The van der Waals surface area contributed by atoms with Gasteiger partial charge in [-0.1, -0.05) is 0 Å². The van der Waals surface area contributed by atoms with E-state index in [4.69, 9.17) is 15.4 Å².